The summed E-state index contributed by atoms with van der Waals surface area (Å²) in [5.74, 6) is -0.781. The van der Waals surface area contributed by atoms with Crippen LogP contribution in [0.3, 0.4) is 0 Å². The number of nitrogens with one attached hydrogen (secondary N) is 2. The smallest absolute Gasteiger partial charge is 0.276 e. The lowest BCUT2D eigenvalue weighted by Gasteiger charge is -2.26. The van der Waals surface area contributed by atoms with Crippen molar-refractivity contribution < 1.29 is 9.18 Å². The van der Waals surface area contributed by atoms with Crippen molar-refractivity contribution in [1.82, 2.24) is 25.1 Å². The van der Waals surface area contributed by atoms with Crippen molar-refractivity contribution in [3.8, 4) is 11.1 Å². The second-order valence-corrected chi connectivity index (χ2v) is 8.06. The van der Waals surface area contributed by atoms with E-state index in [2.05, 4.69) is 30.4 Å². The number of likely N-dealkylation sites (tertiary alicyclic amines) is 1. The molecule has 5 rings (SSSR count). The fourth-order valence-corrected chi connectivity index (χ4v) is 4.16. The third-order valence-electron chi connectivity index (χ3n) is 5.75. The predicted molar refractivity (Wildman–Crippen MR) is 121 cm³/mol. The SMILES string of the molecule is O=C(Nc1cccnc1)c1n[nH]c2cc(F)c(-c3cncc(CN4CCCCC4)c3)cc12. The van der Waals surface area contributed by atoms with Crippen molar-refractivity contribution in [3.05, 3.63) is 72.2 Å². The van der Waals surface area contributed by atoms with E-state index in [0.717, 1.165) is 25.2 Å². The van der Waals surface area contributed by atoms with E-state index in [1.165, 1.54) is 25.3 Å². The summed E-state index contributed by atoms with van der Waals surface area (Å²) in [6.07, 6.45) is 10.4. The van der Waals surface area contributed by atoms with Gasteiger partial charge in [-0.2, -0.15) is 5.10 Å². The molecule has 0 bridgehead atoms. The molecule has 162 valence electrons. The number of halogens is 1. The molecule has 8 heteroatoms. The van der Waals surface area contributed by atoms with Gasteiger partial charge in [-0.1, -0.05) is 6.42 Å². The van der Waals surface area contributed by atoms with E-state index in [0.29, 0.717) is 27.7 Å². The van der Waals surface area contributed by atoms with Gasteiger partial charge in [0.2, 0.25) is 0 Å². The molecule has 2 N–H and O–H groups in total. The highest BCUT2D eigenvalue weighted by Crippen LogP contribution is 2.29. The van der Waals surface area contributed by atoms with Crippen LogP contribution in [0.15, 0.2) is 55.1 Å². The predicted octanol–water partition coefficient (Wildman–Crippen LogP) is 4.40. The highest BCUT2D eigenvalue weighted by Gasteiger charge is 2.18. The highest BCUT2D eigenvalue weighted by molar-refractivity contribution is 6.11. The standard InChI is InChI=1S/C24H23FN6O/c25-21-11-22-20(23(30-29-22)24(32)28-18-5-4-6-26-14-18)10-19(21)17-9-16(12-27-13-17)15-31-7-2-1-3-8-31/h4-6,9-14H,1-3,7-8,15H2,(H,28,32)(H,29,30). The number of aromatic nitrogens is 4. The normalized spacial score (nSPS) is 14.5. The summed E-state index contributed by atoms with van der Waals surface area (Å²) in [7, 11) is 0. The lowest BCUT2D eigenvalue weighted by atomic mass is 10.0. The second-order valence-electron chi connectivity index (χ2n) is 8.06. The Kier molecular flexibility index (Phi) is 5.60. The number of anilines is 1. The minimum absolute atomic E-state index is 0.197. The Morgan fingerprint density at radius 1 is 1.09 bits per heavy atom. The Bertz CT molecular complexity index is 1250. The van der Waals surface area contributed by atoms with Crippen LogP contribution in [-0.2, 0) is 6.54 Å². The average Bonchev–Trinajstić information content (AvgIpc) is 3.23. The van der Waals surface area contributed by atoms with Gasteiger partial charge in [-0.3, -0.25) is 24.8 Å². The molecule has 4 heterocycles. The van der Waals surface area contributed by atoms with Gasteiger partial charge < -0.3 is 5.32 Å². The maximum atomic E-state index is 15.0. The van der Waals surface area contributed by atoms with Crippen molar-refractivity contribution in [2.45, 2.75) is 25.8 Å². The lowest BCUT2D eigenvalue weighted by molar-refractivity contribution is 0.102. The first kappa shape index (κ1) is 20.3. The summed E-state index contributed by atoms with van der Waals surface area (Å²) in [5, 5.41) is 10.2. The van der Waals surface area contributed by atoms with Crippen molar-refractivity contribution >= 4 is 22.5 Å². The molecule has 1 aliphatic rings. The summed E-state index contributed by atoms with van der Waals surface area (Å²) < 4.78 is 15.0. The van der Waals surface area contributed by atoms with E-state index in [4.69, 9.17) is 0 Å². The molecule has 0 saturated carbocycles. The van der Waals surface area contributed by atoms with E-state index in [1.807, 2.05) is 12.3 Å². The van der Waals surface area contributed by atoms with Gasteiger partial charge in [0.15, 0.2) is 5.69 Å². The number of rotatable bonds is 5. The Labute approximate surface area is 184 Å². The first-order valence-electron chi connectivity index (χ1n) is 10.7. The number of fused-ring (bicyclic) bond motifs is 1. The van der Waals surface area contributed by atoms with Gasteiger partial charge >= 0.3 is 0 Å². The first-order chi connectivity index (χ1) is 15.7. The zero-order valence-electron chi connectivity index (χ0n) is 17.5. The quantitative estimate of drug-likeness (QED) is 0.490. The van der Waals surface area contributed by atoms with Gasteiger partial charge in [-0.25, -0.2) is 4.39 Å². The number of hydrogen-bond donors (Lipinski definition) is 2. The zero-order valence-corrected chi connectivity index (χ0v) is 17.5. The van der Waals surface area contributed by atoms with E-state index >= 15 is 0 Å². The third kappa shape index (κ3) is 4.22. The van der Waals surface area contributed by atoms with Crippen molar-refractivity contribution in [3.63, 3.8) is 0 Å². The van der Waals surface area contributed by atoms with Gasteiger partial charge in [0.05, 0.1) is 17.4 Å². The van der Waals surface area contributed by atoms with E-state index in [9.17, 15) is 9.18 Å². The van der Waals surface area contributed by atoms with Crippen LogP contribution < -0.4 is 5.32 Å². The van der Waals surface area contributed by atoms with Crippen LogP contribution in [0.25, 0.3) is 22.0 Å². The molecule has 1 aromatic carbocycles. The minimum atomic E-state index is -0.391. The fraction of sp³-hybridized carbons (Fsp3) is 0.250. The summed E-state index contributed by atoms with van der Waals surface area (Å²) >= 11 is 0. The molecule has 4 aromatic rings. The Morgan fingerprint density at radius 2 is 1.97 bits per heavy atom. The first-order valence-corrected chi connectivity index (χ1v) is 10.7. The Hall–Kier alpha value is -3.65. The van der Waals surface area contributed by atoms with Crippen LogP contribution in [0.1, 0.15) is 35.3 Å². The average molecular weight is 430 g/mol. The van der Waals surface area contributed by atoms with Crippen LogP contribution in [0.2, 0.25) is 0 Å². The van der Waals surface area contributed by atoms with Crippen LogP contribution in [0.5, 0.6) is 0 Å². The topological polar surface area (TPSA) is 86.8 Å². The zero-order chi connectivity index (χ0) is 21.9. The fourth-order valence-electron chi connectivity index (χ4n) is 4.16. The molecular weight excluding hydrogens is 407 g/mol. The summed E-state index contributed by atoms with van der Waals surface area (Å²) in [6, 6.07) is 8.48. The summed E-state index contributed by atoms with van der Waals surface area (Å²) in [4.78, 5) is 23.5. The highest BCUT2D eigenvalue weighted by atomic mass is 19.1. The minimum Gasteiger partial charge on any atom is -0.319 e. The van der Waals surface area contributed by atoms with Crippen molar-refractivity contribution in [2.75, 3.05) is 18.4 Å². The monoisotopic (exact) mass is 430 g/mol. The number of piperidine rings is 1. The lowest BCUT2D eigenvalue weighted by Crippen LogP contribution is -2.29. The van der Waals surface area contributed by atoms with Crippen LogP contribution in [0.4, 0.5) is 10.1 Å². The number of nitrogens with zero attached hydrogens (tertiary/aromatic N) is 4. The third-order valence-corrected chi connectivity index (χ3v) is 5.75. The van der Waals surface area contributed by atoms with Crippen molar-refractivity contribution in [2.24, 2.45) is 0 Å². The number of carbonyl (C=O) groups is 1. The number of pyridine rings is 2. The van der Waals surface area contributed by atoms with E-state index in [1.54, 1.807) is 36.8 Å². The largest absolute Gasteiger partial charge is 0.319 e. The summed E-state index contributed by atoms with van der Waals surface area (Å²) in [5.41, 5.74) is 3.33. The summed E-state index contributed by atoms with van der Waals surface area (Å²) in [6.45, 7) is 2.96. The van der Waals surface area contributed by atoms with E-state index < -0.39 is 11.7 Å². The van der Waals surface area contributed by atoms with E-state index in [-0.39, 0.29) is 5.69 Å². The second kappa shape index (κ2) is 8.84. The molecule has 3 aromatic heterocycles. The molecule has 1 fully saturated rings. The molecular formula is C24H23FN6O. The molecule has 7 nitrogen and oxygen atoms in total. The Balaban J connectivity index is 1.45. The number of carbonyl (C=O) groups excluding carboxylic acids is 1. The number of aromatic amines is 1. The molecule has 1 saturated heterocycles. The van der Waals surface area contributed by atoms with Crippen LogP contribution in [-0.4, -0.2) is 44.1 Å². The maximum absolute atomic E-state index is 15.0. The molecule has 0 aliphatic carbocycles. The van der Waals surface area contributed by atoms with Gasteiger partial charge in [0, 0.05) is 47.7 Å². The van der Waals surface area contributed by atoms with Gasteiger partial charge in [0.1, 0.15) is 5.82 Å². The molecule has 1 amide bonds. The van der Waals surface area contributed by atoms with Crippen LogP contribution >= 0.6 is 0 Å². The molecule has 32 heavy (non-hydrogen) atoms. The number of H-pyrrole nitrogens is 1. The van der Waals surface area contributed by atoms with Crippen molar-refractivity contribution in [1.29, 1.82) is 0 Å². The molecule has 0 spiro atoms. The number of benzene rings is 1. The molecule has 0 atom stereocenters. The maximum Gasteiger partial charge on any atom is 0.276 e. The van der Waals surface area contributed by atoms with Crippen LogP contribution in [0, 0.1) is 5.82 Å². The van der Waals surface area contributed by atoms with Gasteiger partial charge in [-0.15, -0.1) is 0 Å². The number of hydrogen-bond acceptors (Lipinski definition) is 5. The van der Waals surface area contributed by atoms with Gasteiger partial charge in [-0.05, 0) is 55.8 Å². The molecule has 0 radical (unpaired) electrons. The Morgan fingerprint density at radius 3 is 2.78 bits per heavy atom. The molecule has 0 unspecified atom stereocenters. The number of amides is 1. The molecule has 1 aliphatic heterocycles. The van der Waals surface area contributed by atoms with Gasteiger partial charge in [0.25, 0.3) is 5.91 Å².